The van der Waals surface area contributed by atoms with E-state index in [9.17, 15) is 9.59 Å². The summed E-state index contributed by atoms with van der Waals surface area (Å²) in [5, 5.41) is 0. The fourth-order valence-electron chi connectivity index (χ4n) is 9.78. The first-order valence-electron chi connectivity index (χ1n) is 17.7. The van der Waals surface area contributed by atoms with Crippen molar-refractivity contribution in [1.29, 1.82) is 0 Å². The number of ketones is 1. The maximum Gasteiger partial charge on any atom is 0.338 e. The Labute approximate surface area is 301 Å². The van der Waals surface area contributed by atoms with Crippen LogP contribution in [0.2, 0.25) is 0 Å². The quantitative estimate of drug-likeness (QED) is 0.252. The van der Waals surface area contributed by atoms with Gasteiger partial charge in [0.1, 0.15) is 6.10 Å². The molecule has 0 bridgehead atoms. The molecule has 5 nitrogen and oxygen atoms in total. The first-order chi connectivity index (χ1) is 23.2. The van der Waals surface area contributed by atoms with E-state index >= 15 is 0 Å². The molecule has 10 rings (SSSR count). The summed E-state index contributed by atoms with van der Waals surface area (Å²) in [4.78, 5) is 30.9. The molecule has 0 radical (unpaired) electrons. The second-order valence-corrected chi connectivity index (χ2v) is 21.3. The molecule has 2 fully saturated rings. The highest BCUT2D eigenvalue weighted by atomic mass is 32.2. The zero-order chi connectivity index (χ0) is 32.8. The van der Waals surface area contributed by atoms with Crippen LogP contribution in [0.3, 0.4) is 0 Å². The lowest BCUT2D eigenvalue weighted by atomic mass is 9.71. The molecule has 9 heteroatoms. The van der Waals surface area contributed by atoms with E-state index in [0.29, 0.717) is 24.3 Å². The van der Waals surface area contributed by atoms with Crippen LogP contribution < -0.4 is 0 Å². The molecule has 252 valence electrons. The molecule has 2 saturated heterocycles. The van der Waals surface area contributed by atoms with Crippen LogP contribution in [-0.4, -0.2) is 71.9 Å². The summed E-state index contributed by atoms with van der Waals surface area (Å²) in [5.74, 6) is 4.94. The van der Waals surface area contributed by atoms with Crippen molar-refractivity contribution in [2.75, 3.05) is 36.1 Å². The van der Waals surface area contributed by atoms with Crippen LogP contribution in [0.5, 0.6) is 0 Å². The van der Waals surface area contributed by atoms with Gasteiger partial charge in [-0.15, -0.1) is 47.0 Å². The summed E-state index contributed by atoms with van der Waals surface area (Å²) >= 11 is 8.00. The Hall–Kier alpha value is -1.94. The summed E-state index contributed by atoms with van der Waals surface area (Å²) in [6.07, 6.45) is 5.91. The second kappa shape index (κ2) is 11.8. The van der Waals surface area contributed by atoms with Gasteiger partial charge in [0.2, 0.25) is 0 Å². The molecule has 0 saturated carbocycles. The van der Waals surface area contributed by atoms with E-state index in [4.69, 9.17) is 4.74 Å². The number of esters is 1. The topological polar surface area (TPSA) is 49.9 Å². The number of nitrogens with zero attached hydrogens (tertiary/aromatic N) is 2. The van der Waals surface area contributed by atoms with Crippen molar-refractivity contribution in [3.63, 3.8) is 0 Å². The minimum absolute atomic E-state index is 0.00847. The van der Waals surface area contributed by atoms with E-state index in [-0.39, 0.29) is 25.6 Å². The van der Waals surface area contributed by atoms with E-state index in [1.165, 1.54) is 50.7 Å². The summed E-state index contributed by atoms with van der Waals surface area (Å²) in [6, 6.07) is 18.6. The SMILES string of the molecule is CC1(C)CC(=O)C2=C(C1)N1CCc3ccccc3C1CC21SCCS1.CC1OC(=O)C2=C1N1CCc3ccccc3C1CC21SCCS1. The first-order valence-corrected chi connectivity index (χ1v) is 21.6. The number of carbonyl (C=O) groups excluding carboxylic acids is 2. The lowest BCUT2D eigenvalue weighted by molar-refractivity contribution is -0.139. The molecule has 7 heterocycles. The van der Waals surface area contributed by atoms with Crippen molar-refractivity contribution < 1.29 is 14.3 Å². The van der Waals surface area contributed by atoms with E-state index in [2.05, 4.69) is 72.2 Å². The first kappa shape index (κ1) is 32.0. The minimum Gasteiger partial charge on any atom is -0.453 e. The maximum atomic E-state index is 13.2. The van der Waals surface area contributed by atoms with Gasteiger partial charge in [-0.05, 0) is 53.9 Å². The normalized spacial score (nSPS) is 30.2. The van der Waals surface area contributed by atoms with E-state index in [1.54, 1.807) is 0 Å². The molecule has 8 aliphatic rings. The Kier molecular flexibility index (Phi) is 7.87. The molecule has 3 atom stereocenters. The third-order valence-corrected chi connectivity index (χ3v) is 18.6. The van der Waals surface area contributed by atoms with E-state index in [0.717, 1.165) is 62.3 Å². The number of rotatable bonds is 0. The number of carbonyl (C=O) groups is 2. The van der Waals surface area contributed by atoms with Crippen molar-refractivity contribution >= 4 is 58.8 Å². The van der Waals surface area contributed by atoms with Gasteiger partial charge in [-0.1, -0.05) is 62.4 Å². The molecular weight excluding hydrogens is 673 g/mol. The fourth-order valence-corrected chi connectivity index (χ4v) is 16.6. The fraction of sp³-hybridized carbons (Fsp3) is 0.538. The van der Waals surface area contributed by atoms with Gasteiger partial charge in [0, 0.05) is 66.6 Å². The molecule has 0 amide bonds. The number of Topliss-reactive ketones (excluding diaryl/α,β-unsaturated/α-hetero) is 1. The smallest absolute Gasteiger partial charge is 0.338 e. The maximum absolute atomic E-state index is 13.2. The highest BCUT2D eigenvalue weighted by Gasteiger charge is 2.57. The Morgan fingerprint density at radius 1 is 0.708 bits per heavy atom. The zero-order valence-corrected chi connectivity index (χ0v) is 31.4. The summed E-state index contributed by atoms with van der Waals surface area (Å²) in [7, 11) is 0. The van der Waals surface area contributed by atoms with Gasteiger partial charge in [-0.25, -0.2) is 4.79 Å². The van der Waals surface area contributed by atoms with Crippen LogP contribution in [0.4, 0.5) is 0 Å². The van der Waals surface area contributed by atoms with E-state index in [1.807, 2.05) is 54.0 Å². The van der Waals surface area contributed by atoms with Crippen molar-refractivity contribution in [3.8, 4) is 0 Å². The molecule has 1 aliphatic carbocycles. The molecule has 2 aromatic carbocycles. The zero-order valence-electron chi connectivity index (χ0n) is 28.1. The molecule has 3 unspecified atom stereocenters. The van der Waals surface area contributed by atoms with Crippen LogP contribution in [0, 0.1) is 5.41 Å². The largest absolute Gasteiger partial charge is 0.453 e. The number of benzene rings is 2. The Morgan fingerprint density at radius 3 is 1.83 bits per heavy atom. The average Bonchev–Trinajstić information content (AvgIpc) is 3.80. The van der Waals surface area contributed by atoms with Gasteiger partial charge in [0.25, 0.3) is 0 Å². The Bertz CT molecular complexity index is 1750. The van der Waals surface area contributed by atoms with Gasteiger partial charge >= 0.3 is 5.97 Å². The lowest BCUT2D eigenvalue weighted by Crippen LogP contribution is -2.49. The Balaban J connectivity index is 0.000000131. The summed E-state index contributed by atoms with van der Waals surface area (Å²) in [6.45, 7) is 8.61. The van der Waals surface area contributed by atoms with Crippen LogP contribution in [0.1, 0.15) is 80.8 Å². The number of cyclic esters (lactones) is 1. The molecule has 2 spiro atoms. The van der Waals surface area contributed by atoms with Crippen molar-refractivity contribution in [3.05, 3.63) is 93.3 Å². The number of fused-ring (bicyclic) bond motifs is 10. The third kappa shape index (κ3) is 4.98. The number of allylic oxidation sites excluding steroid dienone is 1. The molecule has 48 heavy (non-hydrogen) atoms. The van der Waals surface area contributed by atoms with Crippen LogP contribution in [0.15, 0.2) is 71.1 Å². The van der Waals surface area contributed by atoms with Gasteiger partial charge in [0.15, 0.2) is 5.78 Å². The van der Waals surface area contributed by atoms with Gasteiger partial charge in [0.05, 0.1) is 31.5 Å². The van der Waals surface area contributed by atoms with Gasteiger partial charge in [-0.2, -0.15) is 0 Å². The van der Waals surface area contributed by atoms with Crippen molar-refractivity contribution in [1.82, 2.24) is 9.80 Å². The third-order valence-electron chi connectivity index (χ3n) is 11.7. The molecule has 7 aliphatic heterocycles. The monoisotopic (exact) mass is 716 g/mol. The predicted molar refractivity (Wildman–Crippen MR) is 201 cm³/mol. The molecule has 0 N–H and O–H groups in total. The number of hydrogen-bond donors (Lipinski definition) is 0. The molecule has 2 aromatic rings. The van der Waals surface area contributed by atoms with Gasteiger partial charge in [-0.3, -0.25) is 4.79 Å². The van der Waals surface area contributed by atoms with E-state index < -0.39 is 0 Å². The average molecular weight is 717 g/mol. The van der Waals surface area contributed by atoms with Crippen LogP contribution in [-0.2, 0) is 27.2 Å². The lowest BCUT2D eigenvalue weighted by Gasteiger charge is -2.53. The van der Waals surface area contributed by atoms with Crippen molar-refractivity contribution in [2.24, 2.45) is 5.41 Å². The van der Waals surface area contributed by atoms with Crippen LogP contribution >= 0.6 is 47.0 Å². The Morgan fingerprint density at radius 2 is 1.23 bits per heavy atom. The highest BCUT2D eigenvalue weighted by molar-refractivity contribution is 8.22. The summed E-state index contributed by atoms with van der Waals surface area (Å²) < 4.78 is 5.56. The van der Waals surface area contributed by atoms with Crippen LogP contribution in [0.25, 0.3) is 0 Å². The number of hydrogen-bond acceptors (Lipinski definition) is 9. The highest BCUT2D eigenvalue weighted by Crippen LogP contribution is 2.63. The molecular formula is C39H44N2O3S4. The van der Waals surface area contributed by atoms with Crippen molar-refractivity contribution in [2.45, 2.75) is 85.6 Å². The standard InChI is InChI=1S/C21H25NOS2.C18H19NO2S2/c1-20(2)11-17-19(18(23)13-20)21(24-9-10-25-21)12-16-15-6-4-3-5-14(15)7-8-22(16)17;1-11-16-15(17(20)21-11)18(22-8-9-23-18)10-14-13-5-3-2-4-12(13)6-7-19(14)16/h3-6,16H,7-13H2,1-2H3;2-5,11,14H,6-10H2,1H3. The minimum atomic E-state index is -0.107. The number of thioether (sulfide) groups is 4. The predicted octanol–water partition coefficient (Wildman–Crippen LogP) is 8.17. The molecule has 0 aromatic heterocycles. The number of ether oxygens (including phenoxy) is 1. The van der Waals surface area contributed by atoms with Gasteiger partial charge < -0.3 is 14.5 Å². The second-order valence-electron chi connectivity index (χ2n) is 15.2. The summed E-state index contributed by atoms with van der Waals surface area (Å²) in [5.41, 5.74) is 10.7.